The number of carbonyl (C=O) groups excluding carboxylic acids is 1. The third-order valence-corrected chi connectivity index (χ3v) is 5.94. The second-order valence-electron chi connectivity index (χ2n) is 8.31. The van der Waals surface area contributed by atoms with Gasteiger partial charge in [-0.1, -0.05) is 12.1 Å². The van der Waals surface area contributed by atoms with Crippen LogP contribution in [-0.4, -0.2) is 54.3 Å². The van der Waals surface area contributed by atoms with Crippen LogP contribution in [0.1, 0.15) is 41.6 Å². The van der Waals surface area contributed by atoms with Crippen LogP contribution in [0.25, 0.3) is 0 Å². The Balaban J connectivity index is 1.33. The van der Waals surface area contributed by atoms with Crippen molar-refractivity contribution in [3.63, 3.8) is 0 Å². The van der Waals surface area contributed by atoms with E-state index < -0.39 is 6.36 Å². The third kappa shape index (κ3) is 5.94. The maximum atomic E-state index is 13.0. The summed E-state index contributed by atoms with van der Waals surface area (Å²) in [5, 5.41) is 0. The number of rotatable bonds is 7. The van der Waals surface area contributed by atoms with Gasteiger partial charge in [0.05, 0.1) is 0 Å². The number of hydrogen-bond acceptors (Lipinski definition) is 4. The topological polar surface area (TPSA) is 42.0 Å². The number of amides is 1. The van der Waals surface area contributed by atoms with Crippen LogP contribution in [0.5, 0.6) is 11.5 Å². The zero-order valence-corrected chi connectivity index (χ0v) is 17.8. The van der Waals surface area contributed by atoms with Crippen molar-refractivity contribution in [1.82, 2.24) is 9.80 Å². The Morgan fingerprint density at radius 2 is 1.72 bits per heavy atom. The van der Waals surface area contributed by atoms with Gasteiger partial charge in [0, 0.05) is 24.7 Å². The van der Waals surface area contributed by atoms with Crippen molar-refractivity contribution in [2.75, 3.05) is 26.2 Å². The van der Waals surface area contributed by atoms with Crippen molar-refractivity contribution in [3.05, 3.63) is 59.7 Å². The highest BCUT2D eigenvalue weighted by Gasteiger charge is 2.32. The fourth-order valence-corrected chi connectivity index (χ4v) is 4.41. The summed E-state index contributed by atoms with van der Waals surface area (Å²) in [4.78, 5) is 17.5. The summed E-state index contributed by atoms with van der Waals surface area (Å²) in [6, 6.07) is 12.9. The maximum Gasteiger partial charge on any atom is 0.573 e. The van der Waals surface area contributed by atoms with Gasteiger partial charge in [-0.25, -0.2) is 0 Å². The lowest BCUT2D eigenvalue weighted by Gasteiger charge is -2.28. The van der Waals surface area contributed by atoms with Crippen LogP contribution in [-0.2, 0) is 6.61 Å². The van der Waals surface area contributed by atoms with Crippen LogP contribution in [0, 0.1) is 0 Å². The van der Waals surface area contributed by atoms with E-state index in [4.69, 9.17) is 4.74 Å². The Morgan fingerprint density at radius 1 is 0.969 bits per heavy atom. The Hall–Kier alpha value is -2.74. The van der Waals surface area contributed by atoms with Gasteiger partial charge in [-0.05, 0) is 80.7 Å². The van der Waals surface area contributed by atoms with Crippen LogP contribution in [0.4, 0.5) is 13.2 Å². The molecular weight excluding hydrogens is 421 g/mol. The van der Waals surface area contributed by atoms with Crippen molar-refractivity contribution in [1.29, 1.82) is 0 Å². The van der Waals surface area contributed by atoms with Gasteiger partial charge >= 0.3 is 6.36 Å². The first-order valence-electron chi connectivity index (χ1n) is 11.0. The highest BCUT2D eigenvalue weighted by Crippen LogP contribution is 2.25. The van der Waals surface area contributed by atoms with E-state index in [9.17, 15) is 18.0 Å². The number of likely N-dealkylation sites (tertiary alicyclic amines) is 2. The van der Waals surface area contributed by atoms with Gasteiger partial charge in [-0.15, -0.1) is 13.2 Å². The van der Waals surface area contributed by atoms with E-state index in [1.165, 1.54) is 31.0 Å². The van der Waals surface area contributed by atoms with E-state index in [1.807, 2.05) is 4.90 Å². The highest BCUT2D eigenvalue weighted by atomic mass is 19.4. The second-order valence-corrected chi connectivity index (χ2v) is 8.31. The number of carbonyl (C=O) groups is 1. The Labute approximate surface area is 185 Å². The standard InChI is InChI=1S/C24H27F3N2O3/c25-24(26,27)32-22-7-3-5-18(15-22)17-31-21-10-8-19(9-11-21)23(30)29-14-4-6-20(29)16-28-12-1-2-13-28/h3,5,7-11,15,20H,1-2,4,6,12-14,16-17H2/t20-/m0/s1. The van der Waals surface area contributed by atoms with Crippen molar-refractivity contribution in [2.45, 2.75) is 44.7 Å². The summed E-state index contributed by atoms with van der Waals surface area (Å²) < 4.78 is 46.7. The van der Waals surface area contributed by atoms with Crippen molar-refractivity contribution < 1.29 is 27.4 Å². The summed E-state index contributed by atoms with van der Waals surface area (Å²) in [7, 11) is 0. The molecule has 0 radical (unpaired) electrons. The molecule has 2 aliphatic heterocycles. The van der Waals surface area contributed by atoms with E-state index in [0.717, 1.165) is 39.0 Å². The zero-order valence-electron chi connectivity index (χ0n) is 17.8. The molecule has 2 heterocycles. The molecule has 2 aliphatic rings. The van der Waals surface area contributed by atoms with E-state index in [1.54, 1.807) is 30.3 Å². The fourth-order valence-electron chi connectivity index (χ4n) is 4.41. The van der Waals surface area contributed by atoms with Gasteiger partial charge in [0.2, 0.25) is 0 Å². The fraction of sp³-hybridized carbons (Fsp3) is 0.458. The summed E-state index contributed by atoms with van der Waals surface area (Å²) in [5.41, 5.74) is 1.17. The largest absolute Gasteiger partial charge is 0.573 e. The average molecular weight is 448 g/mol. The molecule has 5 nitrogen and oxygen atoms in total. The molecule has 8 heteroatoms. The lowest BCUT2D eigenvalue weighted by molar-refractivity contribution is -0.274. The molecule has 172 valence electrons. The van der Waals surface area contributed by atoms with Crippen LogP contribution < -0.4 is 9.47 Å². The molecule has 1 atom stereocenters. The van der Waals surface area contributed by atoms with E-state index in [2.05, 4.69) is 9.64 Å². The lowest BCUT2D eigenvalue weighted by atomic mass is 10.1. The molecule has 0 unspecified atom stereocenters. The Kier molecular flexibility index (Phi) is 6.89. The smallest absolute Gasteiger partial charge is 0.489 e. The number of halogens is 3. The van der Waals surface area contributed by atoms with Gasteiger partial charge in [0.15, 0.2) is 0 Å². The molecule has 2 fully saturated rings. The van der Waals surface area contributed by atoms with Gasteiger partial charge in [-0.3, -0.25) is 4.79 Å². The maximum absolute atomic E-state index is 13.0. The van der Waals surface area contributed by atoms with Gasteiger partial charge in [0.1, 0.15) is 18.1 Å². The van der Waals surface area contributed by atoms with Crippen LogP contribution >= 0.6 is 0 Å². The molecular formula is C24H27F3N2O3. The number of benzene rings is 2. The Morgan fingerprint density at radius 3 is 2.44 bits per heavy atom. The molecule has 2 aromatic rings. The molecule has 2 aromatic carbocycles. The molecule has 1 amide bonds. The monoisotopic (exact) mass is 448 g/mol. The normalized spacial score (nSPS) is 19.3. The molecule has 4 rings (SSSR count). The highest BCUT2D eigenvalue weighted by molar-refractivity contribution is 5.94. The van der Waals surface area contributed by atoms with Gasteiger partial charge < -0.3 is 19.3 Å². The summed E-state index contributed by atoms with van der Waals surface area (Å²) in [5.74, 6) is 0.294. The molecule has 0 N–H and O–H groups in total. The average Bonchev–Trinajstić information content (AvgIpc) is 3.44. The van der Waals surface area contributed by atoms with E-state index in [-0.39, 0.29) is 24.3 Å². The van der Waals surface area contributed by atoms with E-state index in [0.29, 0.717) is 16.9 Å². The first-order chi connectivity index (χ1) is 15.4. The van der Waals surface area contributed by atoms with Crippen molar-refractivity contribution in [2.24, 2.45) is 0 Å². The molecule has 0 bridgehead atoms. The number of nitrogens with zero attached hydrogens (tertiary/aromatic N) is 2. The quantitative estimate of drug-likeness (QED) is 0.607. The SMILES string of the molecule is O=C(c1ccc(OCc2cccc(OC(F)(F)F)c2)cc1)N1CCC[C@H]1CN1CCCC1. The second kappa shape index (κ2) is 9.81. The van der Waals surface area contributed by atoms with Gasteiger partial charge in [0.25, 0.3) is 5.91 Å². The summed E-state index contributed by atoms with van der Waals surface area (Å²) in [6.45, 7) is 4.06. The summed E-state index contributed by atoms with van der Waals surface area (Å²) in [6.07, 6.45) is -0.183. The lowest BCUT2D eigenvalue weighted by Crippen LogP contribution is -2.42. The predicted molar refractivity (Wildman–Crippen MR) is 114 cm³/mol. The molecule has 0 spiro atoms. The molecule has 32 heavy (non-hydrogen) atoms. The molecule has 0 saturated carbocycles. The molecule has 0 aliphatic carbocycles. The molecule has 2 saturated heterocycles. The number of alkyl halides is 3. The minimum absolute atomic E-state index is 0.0373. The zero-order chi connectivity index (χ0) is 22.6. The summed E-state index contributed by atoms with van der Waals surface area (Å²) >= 11 is 0. The molecule has 0 aromatic heterocycles. The number of ether oxygens (including phenoxy) is 2. The predicted octanol–water partition coefficient (Wildman–Crippen LogP) is 4.86. The van der Waals surface area contributed by atoms with Crippen LogP contribution in [0.3, 0.4) is 0 Å². The first kappa shape index (κ1) is 22.5. The minimum Gasteiger partial charge on any atom is -0.489 e. The van der Waals surface area contributed by atoms with Crippen LogP contribution in [0.2, 0.25) is 0 Å². The Bertz CT molecular complexity index is 911. The van der Waals surface area contributed by atoms with E-state index >= 15 is 0 Å². The first-order valence-corrected chi connectivity index (χ1v) is 11.0. The van der Waals surface area contributed by atoms with Crippen molar-refractivity contribution in [3.8, 4) is 11.5 Å². The van der Waals surface area contributed by atoms with Crippen molar-refractivity contribution >= 4 is 5.91 Å². The minimum atomic E-state index is -4.73. The number of hydrogen-bond donors (Lipinski definition) is 0. The third-order valence-electron chi connectivity index (χ3n) is 5.94. The van der Waals surface area contributed by atoms with Gasteiger partial charge in [-0.2, -0.15) is 0 Å². The van der Waals surface area contributed by atoms with Crippen LogP contribution in [0.15, 0.2) is 48.5 Å².